The lowest BCUT2D eigenvalue weighted by atomic mass is 10.1. The fraction of sp³-hybridized carbons (Fsp3) is 0.300. The second-order valence-electron chi connectivity index (χ2n) is 3.87. The number of aliphatic hydroxyl groups is 1. The van der Waals surface area contributed by atoms with E-state index in [1.54, 1.807) is 26.2 Å². The van der Waals surface area contributed by atoms with Crippen molar-refractivity contribution in [2.24, 2.45) is 0 Å². The zero-order valence-corrected chi connectivity index (χ0v) is 10.4. The Balaban J connectivity index is 2.39. The fourth-order valence-corrected chi connectivity index (χ4v) is 1.49. The van der Waals surface area contributed by atoms with Gasteiger partial charge in [0.2, 0.25) is 5.82 Å². The van der Waals surface area contributed by atoms with Gasteiger partial charge in [-0.1, -0.05) is 5.16 Å². The molecule has 84 valence electrons. The summed E-state index contributed by atoms with van der Waals surface area (Å²) in [6.07, 6.45) is 3.30. The summed E-state index contributed by atoms with van der Waals surface area (Å²) in [6.45, 7) is 3.17. The highest BCUT2D eigenvalue weighted by Crippen LogP contribution is 2.23. The molecule has 0 aromatic carbocycles. The number of aromatic nitrogens is 3. The number of halogens is 1. The van der Waals surface area contributed by atoms with Gasteiger partial charge in [-0.05, 0) is 35.8 Å². The van der Waals surface area contributed by atoms with Gasteiger partial charge < -0.3 is 9.63 Å². The minimum atomic E-state index is -1.13. The predicted octanol–water partition coefficient (Wildman–Crippen LogP) is 2.12. The van der Waals surface area contributed by atoms with Crippen LogP contribution in [0.4, 0.5) is 0 Å². The first-order valence-corrected chi connectivity index (χ1v) is 5.43. The van der Waals surface area contributed by atoms with Crippen molar-refractivity contribution in [3.63, 3.8) is 0 Å². The van der Waals surface area contributed by atoms with E-state index in [9.17, 15) is 5.11 Å². The first kappa shape index (κ1) is 11.2. The maximum Gasteiger partial charge on any atom is 0.258 e. The van der Waals surface area contributed by atoms with Gasteiger partial charge in [-0.25, -0.2) is 0 Å². The van der Waals surface area contributed by atoms with E-state index in [0.717, 1.165) is 10.0 Å². The third-order valence-electron chi connectivity index (χ3n) is 1.91. The van der Waals surface area contributed by atoms with Crippen LogP contribution in [0.15, 0.2) is 27.5 Å². The topological polar surface area (TPSA) is 72.0 Å². The van der Waals surface area contributed by atoms with Gasteiger partial charge in [0.25, 0.3) is 5.89 Å². The summed E-state index contributed by atoms with van der Waals surface area (Å²) in [6, 6.07) is 1.83. The standard InChI is InChI=1S/C10H10BrN3O2/c1-10(2,15)9-13-8(14-16-9)6-3-7(11)5-12-4-6/h3-5,15H,1-2H3. The van der Waals surface area contributed by atoms with Gasteiger partial charge in [0, 0.05) is 22.4 Å². The number of rotatable bonds is 2. The van der Waals surface area contributed by atoms with Crippen molar-refractivity contribution in [1.29, 1.82) is 0 Å². The summed E-state index contributed by atoms with van der Waals surface area (Å²) in [5.41, 5.74) is -0.404. The predicted molar refractivity (Wildman–Crippen MR) is 60.5 cm³/mol. The normalized spacial score (nSPS) is 11.8. The molecule has 16 heavy (non-hydrogen) atoms. The summed E-state index contributed by atoms with van der Waals surface area (Å²) in [7, 11) is 0. The Labute approximate surface area is 101 Å². The zero-order valence-electron chi connectivity index (χ0n) is 8.81. The van der Waals surface area contributed by atoms with Crippen LogP contribution in [0.1, 0.15) is 19.7 Å². The Kier molecular flexibility index (Phi) is 2.77. The van der Waals surface area contributed by atoms with Crippen LogP contribution in [0, 0.1) is 0 Å². The van der Waals surface area contributed by atoms with E-state index in [-0.39, 0.29) is 5.89 Å². The van der Waals surface area contributed by atoms with E-state index < -0.39 is 5.60 Å². The van der Waals surface area contributed by atoms with Crippen LogP contribution in [0.2, 0.25) is 0 Å². The summed E-state index contributed by atoms with van der Waals surface area (Å²) in [5.74, 6) is 0.591. The highest BCUT2D eigenvalue weighted by molar-refractivity contribution is 9.10. The van der Waals surface area contributed by atoms with Crippen molar-refractivity contribution in [2.75, 3.05) is 0 Å². The molecule has 2 aromatic heterocycles. The minimum absolute atomic E-state index is 0.183. The Morgan fingerprint density at radius 3 is 2.69 bits per heavy atom. The van der Waals surface area contributed by atoms with Crippen molar-refractivity contribution >= 4 is 15.9 Å². The third-order valence-corrected chi connectivity index (χ3v) is 2.35. The quantitative estimate of drug-likeness (QED) is 0.914. The summed E-state index contributed by atoms with van der Waals surface area (Å²) in [4.78, 5) is 8.11. The number of hydrogen-bond donors (Lipinski definition) is 1. The van der Waals surface area contributed by atoms with E-state index in [0.29, 0.717) is 5.82 Å². The molecule has 0 aliphatic rings. The van der Waals surface area contributed by atoms with Gasteiger partial charge >= 0.3 is 0 Å². The van der Waals surface area contributed by atoms with Gasteiger partial charge in [0.15, 0.2) is 0 Å². The molecule has 6 heteroatoms. The average molecular weight is 284 g/mol. The Bertz CT molecular complexity index is 505. The zero-order chi connectivity index (χ0) is 11.8. The maximum atomic E-state index is 9.68. The highest BCUT2D eigenvalue weighted by Gasteiger charge is 2.24. The first-order chi connectivity index (χ1) is 7.47. The van der Waals surface area contributed by atoms with Crippen LogP contribution in [-0.4, -0.2) is 20.2 Å². The number of pyridine rings is 1. The number of nitrogens with zero attached hydrogens (tertiary/aromatic N) is 3. The molecule has 2 aromatic rings. The molecular weight excluding hydrogens is 274 g/mol. The molecule has 0 radical (unpaired) electrons. The molecule has 2 heterocycles. The van der Waals surface area contributed by atoms with Crippen LogP contribution >= 0.6 is 15.9 Å². The van der Waals surface area contributed by atoms with Crippen LogP contribution in [0.25, 0.3) is 11.4 Å². The molecule has 0 saturated carbocycles. The molecular formula is C10H10BrN3O2. The van der Waals surface area contributed by atoms with Crippen molar-refractivity contribution < 1.29 is 9.63 Å². The number of hydrogen-bond acceptors (Lipinski definition) is 5. The molecule has 2 rings (SSSR count). The largest absolute Gasteiger partial charge is 0.381 e. The van der Waals surface area contributed by atoms with Gasteiger partial charge in [-0.2, -0.15) is 4.98 Å². The van der Waals surface area contributed by atoms with Crippen LogP contribution in [-0.2, 0) is 5.60 Å². The molecule has 0 aliphatic carbocycles. The van der Waals surface area contributed by atoms with Crippen molar-refractivity contribution in [1.82, 2.24) is 15.1 Å². The molecule has 1 N–H and O–H groups in total. The highest BCUT2D eigenvalue weighted by atomic mass is 79.9. The van der Waals surface area contributed by atoms with E-state index >= 15 is 0 Å². The lowest BCUT2D eigenvalue weighted by Crippen LogP contribution is -2.15. The Morgan fingerprint density at radius 2 is 2.12 bits per heavy atom. The van der Waals surface area contributed by atoms with E-state index in [2.05, 4.69) is 31.1 Å². The first-order valence-electron chi connectivity index (χ1n) is 4.64. The fourth-order valence-electron chi connectivity index (χ4n) is 1.12. The smallest absolute Gasteiger partial charge is 0.258 e. The van der Waals surface area contributed by atoms with Crippen molar-refractivity contribution in [3.8, 4) is 11.4 Å². The lowest BCUT2D eigenvalue weighted by Gasteiger charge is -2.09. The van der Waals surface area contributed by atoms with Gasteiger partial charge in [0.05, 0.1) is 0 Å². The molecule has 0 fully saturated rings. The van der Waals surface area contributed by atoms with Crippen LogP contribution in [0.5, 0.6) is 0 Å². The molecule has 5 nitrogen and oxygen atoms in total. The Hall–Kier alpha value is -1.27. The SMILES string of the molecule is CC(C)(O)c1nc(-c2cncc(Br)c2)no1. The van der Waals surface area contributed by atoms with Gasteiger partial charge in [-0.3, -0.25) is 4.98 Å². The average Bonchev–Trinajstić information content (AvgIpc) is 2.65. The molecule has 0 spiro atoms. The molecule has 0 amide bonds. The summed E-state index contributed by atoms with van der Waals surface area (Å²) < 4.78 is 5.80. The van der Waals surface area contributed by atoms with Crippen molar-refractivity contribution in [2.45, 2.75) is 19.4 Å². The van der Waals surface area contributed by atoms with E-state index in [1.807, 2.05) is 6.07 Å². The maximum absolute atomic E-state index is 9.68. The van der Waals surface area contributed by atoms with E-state index in [4.69, 9.17) is 4.52 Å². The van der Waals surface area contributed by atoms with Gasteiger partial charge in [0.1, 0.15) is 5.60 Å². The molecule has 0 saturated heterocycles. The minimum Gasteiger partial charge on any atom is -0.381 e. The summed E-state index contributed by atoms with van der Waals surface area (Å²) >= 11 is 3.31. The molecule has 0 unspecified atom stereocenters. The second-order valence-corrected chi connectivity index (χ2v) is 4.79. The molecule has 0 aliphatic heterocycles. The van der Waals surface area contributed by atoms with E-state index in [1.165, 1.54) is 0 Å². The van der Waals surface area contributed by atoms with Crippen LogP contribution < -0.4 is 0 Å². The van der Waals surface area contributed by atoms with Crippen molar-refractivity contribution in [3.05, 3.63) is 28.8 Å². The third kappa shape index (κ3) is 2.28. The summed E-state index contributed by atoms with van der Waals surface area (Å²) in [5, 5.41) is 13.5. The Morgan fingerprint density at radius 1 is 1.38 bits per heavy atom. The monoisotopic (exact) mass is 283 g/mol. The molecule has 0 bridgehead atoms. The van der Waals surface area contributed by atoms with Crippen LogP contribution in [0.3, 0.4) is 0 Å². The molecule has 0 atom stereocenters. The lowest BCUT2D eigenvalue weighted by molar-refractivity contribution is 0.0420. The second kappa shape index (κ2) is 3.95. The van der Waals surface area contributed by atoms with Gasteiger partial charge in [-0.15, -0.1) is 0 Å².